The van der Waals surface area contributed by atoms with Gasteiger partial charge in [-0.15, -0.1) is 5.10 Å². The Hall–Kier alpha value is -3.27. The number of tetrazole rings is 1. The lowest BCUT2D eigenvalue weighted by atomic mass is 10.3. The average molecular weight is 415 g/mol. The molecule has 0 fully saturated rings. The monoisotopic (exact) mass is 415 g/mol. The zero-order valence-electron chi connectivity index (χ0n) is 16.3. The maximum atomic E-state index is 12.3. The first kappa shape index (κ1) is 20.5. The molecule has 1 N–H and O–H groups in total. The second-order valence-electron chi connectivity index (χ2n) is 5.74. The molecule has 1 heterocycles. The predicted octanol–water partition coefficient (Wildman–Crippen LogP) is 2.81. The minimum atomic E-state index is -0.170. The lowest BCUT2D eigenvalue weighted by Gasteiger charge is -2.09. The smallest absolute Gasteiger partial charge is 0.234 e. The number of thioether (sulfide) groups is 1. The fraction of sp³-hybridized carbons (Fsp3) is 0.263. The highest BCUT2D eigenvalue weighted by molar-refractivity contribution is 7.99. The van der Waals surface area contributed by atoms with Crippen LogP contribution in [-0.4, -0.2) is 52.7 Å². The van der Waals surface area contributed by atoms with E-state index >= 15 is 0 Å². The van der Waals surface area contributed by atoms with Crippen molar-refractivity contribution in [3.63, 3.8) is 0 Å². The molecule has 2 aromatic carbocycles. The van der Waals surface area contributed by atoms with E-state index in [1.807, 2.05) is 19.1 Å². The Morgan fingerprint density at radius 3 is 2.38 bits per heavy atom. The van der Waals surface area contributed by atoms with Gasteiger partial charge < -0.3 is 19.5 Å². The standard InChI is InChI=1S/C19H21N5O4S/c1-4-28-15-7-5-13(6-8-15)20-18(25)12-29-19-21-22-23-24(19)14-9-16(26-2)11-17(10-14)27-3/h5-11H,4,12H2,1-3H3,(H,20,25). The van der Waals surface area contributed by atoms with E-state index in [0.717, 1.165) is 5.75 Å². The second kappa shape index (κ2) is 9.78. The van der Waals surface area contributed by atoms with E-state index in [4.69, 9.17) is 14.2 Å². The lowest BCUT2D eigenvalue weighted by molar-refractivity contribution is -0.113. The molecule has 0 saturated carbocycles. The molecule has 0 bridgehead atoms. The van der Waals surface area contributed by atoms with Crippen LogP contribution in [0.5, 0.6) is 17.2 Å². The van der Waals surface area contributed by atoms with Gasteiger partial charge in [-0.2, -0.15) is 4.68 Å². The molecule has 9 nitrogen and oxygen atoms in total. The number of nitrogens with one attached hydrogen (secondary N) is 1. The number of benzene rings is 2. The Labute approximate surface area is 172 Å². The summed E-state index contributed by atoms with van der Waals surface area (Å²) in [5.74, 6) is 1.96. The third-order valence-electron chi connectivity index (χ3n) is 3.80. The molecule has 1 aromatic heterocycles. The Balaban J connectivity index is 1.65. The summed E-state index contributed by atoms with van der Waals surface area (Å²) in [4.78, 5) is 12.3. The third-order valence-corrected chi connectivity index (χ3v) is 4.72. The molecule has 3 aromatic rings. The van der Waals surface area contributed by atoms with E-state index in [1.165, 1.54) is 16.4 Å². The molecule has 29 heavy (non-hydrogen) atoms. The van der Waals surface area contributed by atoms with Crippen LogP contribution in [0.3, 0.4) is 0 Å². The Morgan fingerprint density at radius 2 is 1.76 bits per heavy atom. The minimum Gasteiger partial charge on any atom is -0.497 e. The Bertz CT molecular complexity index is 939. The van der Waals surface area contributed by atoms with Crippen LogP contribution in [0.1, 0.15) is 6.92 Å². The van der Waals surface area contributed by atoms with Crippen LogP contribution in [0.4, 0.5) is 5.69 Å². The molecule has 0 atom stereocenters. The summed E-state index contributed by atoms with van der Waals surface area (Å²) in [5, 5.41) is 15.0. The zero-order valence-corrected chi connectivity index (χ0v) is 17.1. The number of nitrogens with zero attached hydrogens (tertiary/aromatic N) is 4. The van der Waals surface area contributed by atoms with Gasteiger partial charge in [0.2, 0.25) is 11.1 Å². The van der Waals surface area contributed by atoms with E-state index in [-0.39, 0.29) is 11.7 Å². The zero-order chi connectivity index (χ0) is 20.6. The molecule has 0 unspecified atom stereocenters. The highest BCUT2D eigenvalue weighted by Gasteiger charge is 2.14. The van der Waals surface area contributed by atoms with Crippen LogP contribution < -0.4 is 19.5 Å². The largest absolute Gasteiger partial charge is 0.497 e. The predicted molar refractivity (Wildman–Crippen MR) is 109 cm³/mol. The Kier molecular flexibility index (Phi) is 6.90. The number of anilines is 1. The summed E-state index contributed by atoms with van der Waals surface area (Å²) in [7, 11) is 3.14. The first-order chi connectivity index (χ1) is 14.1. The van der Waals surface area contributed by atoms with Crippen molar-refractivity contribution in [1.29, 1.82) is 0 Å². The molecule has 0 radical (unpaired) electrons. The van der Waals surface area contributed by atoms with Gasteiger partial charge in [0, 0.05) is 23.9 Å². The normalized spacial score (nSPS) is 10.4. The lowest BCUT2D eigenvalue weighted by Crippen LogP contribution is -2.14. The van der Waals surface area contributed by atoms with Gasteiger partial charge in [0.1, 0.15) is 17.2 Å². The van der Waals surface area contributed by atoms with E-state index < -0.39 is 0 Å². The van der Waals surface area contributed by atoms with Gasteiger partial charge in [-0.1, -0.05) is 11.8 Å². The quantitative estimate of drug-likeness (QED) is 0.533. The van der Waals surface area contributed by atoms with E-state index in [1.54, 1.807) is 44.6 Å². The number of hydrogen-bond acceptors (Lipinski definition) is 8. The summed E-state index contributed by atoms with van der Waals surface area (Å²) in [6, 6.07) is 12.5. The first-order valence-electron chi connectivity index (χ1n) is 8.80. The Morgan fingerprint density at radius 1 is 1.07 bits per heavy atom. The van der Waals surface area contributed by atoms with Crippen LogP contribution in [-0.2, 0) is 4.79 Å². The van der Waals surface area contributed by atoms with Crippen LogP contribution >= 0.6 is 11.8 Å². The van der Waals surface area contributed by atoms with Crippen molar-refractivity contribution in [3.05, 3.63) is 42.5 Å². The van der Waals surface area contributed by atoms with Crippen molar-refractivity contribution >= 4 is 23.4 Å². The van der Waals surface area contributed by atoms with Gasteiger partial charge in [0.15, 0.2) is 0 Å². The number of carbonyl (C=O) groups is 1. The minimum absolute atomic E-state index is 0.148. The number of amides is 1. The van der Waals surface area contributed by atoms with Crippen LogP contribution in [0.2, 0.25) is 0 Å². The van der Waals surface area contributed by atoms with Crippen molar-refractivity contribution in [1.82, 2.24) is 20.2 Å². The maximum absolute atomic E-state index is 12.3. The summed E-state index contributed by atoms with van der Waals surface area (Å²) in [6.07, 6.45) is 0. The summed E-state index contributed by atoms with van der Waals surface area (Å²) in [6.45, 7) is 2.51. The molecular formula is C19H21N5O4S. The fourth-order valence-corrected chi connectivity index (χ4v) is 3.16. The van der Waals surface area contributed by atoms with Crippen molar-refractivity contribution in [2.45, 2.75) is 12.1 Å². The van der Waals surface area contributed by atoms with Gasteiger partial charge >= 0.3 is 0 Å². The van der Waals surface area contributed by atoms with Crippen LogP contribution in [0, 0.1) is 0 Å². The number of aromatic nitrogens is 4. The molecule has 0 aliphatic rings. The van der Waals surface area contributed by atoms with E-state index in [2.05, 4.69) is 20.8 Å². The molecule has 10 heteroatoms. The second-order valence-corrected chi connectivity index (χ2v) is 6.68. The number of rotatable bonds is 9. The van der Waals surface area contributed by atoms with Crippen molar-refractivity contribution in [3.8, 4) is 22.9 Å². The van der Waals surface area contributed by atoms with Gasteiger partial charge in [-0.3, -0.25) is 4.79 Å². The van der Waals surface area contributed by atoms with E-state index in [0.29, 0.717) is 34.6 Å². The van der Waals surface area contributed by atoms with Gasteiger partial charge in [0.05, 0.1) is 32.3 Å². The number of methoxy groups -OCH3 is 2. The number of ether oxygens (including phenoxy) is 3. The van der Waals surface area contributed by atoms with Gasteiger partial charge in [0.25, 0.3) is 0 Å². The molecule has 1 amide bonds. The maximum Gasteiger partial charge on any atom is 0.234 e. The highest BCUT2D eigenvalue weighted by Crippen LogP contribution is 2.27. The molecule has 0 aliphatic heterocycles. The molecule has 152 valence electrons. The summed E-state index contributed by atoms with van der Waals surface area (Å²) in [5.41, 5.74) is 1.36. The third kappa shape index (κ3) is 5.38. The SMILES string of the molecule is CCOc1ccc(NC(=O)CSc2nnnn2-c2cc(OC)cc(OC)c2)cc1. The topological polar surface area (TPSA) is 100 Å². The fourth-order valence-electron chi connectivity index (χ4n) is 2.47. The molecular weight excluding hydrogens is 394 g/mol. The average Bonchev–Trinajstić information content (AvgIpc) is 3.22. The van der Waals surface area contributed by atoms with E-state index in [9.17, 15) is 4.79 Å². The molecule has 0 spiro atoms. The number of hydrogen-bond donors (Lipinski definition) is 1. The van der Waals surface area contributed by atoms with Crippen molar-refractivity contribution < 1.29 is 19.0 Å². The summed E-state index contributed by atoms with van der Waals surface area (Å²) < 4.78 is 17.5. The van der Waals surface area contributed by atoms with Crippen molar-refractivity contribution in [2.24, 2.45) is 0 Å². The molecule has 0 saturated heterocycles. The summed E-state index contributed by atoms with van der Waals surface area (Å²) >= 11 is 1.22. The highest BCUT2D eigenvalue weighted by atomic mass is 32.2. The van der Waals surface area contributed by atoms with Crippen LogP contribution in [0.15, 0.2) is 47.6 Å². The van der Waals surface area contributed by atoms with Gasteiger partial charge in [-0.05, 0) is 41.6 Å². The molecule has 0 aliphatic carbocycles. The molecule has 3 rings (SSSR count). The van der Waals surface area contributed by atoms with Gasteiger partial charge in [-0.25, -0.2) is 0 Å². The van der Waals surface area contributed by atoms with Crippen LogP contribution in [0.25, 0.3) is 5.69 Å². The van der Waals surface area contributed by atoms with Crippen molar-refractivity contribution in [2.75, 3.05) is 31.9 Å². The first-order valence-corrected chi connectivity index (χ1v) is 9.78. The number of carbonyl (C=O) groups excluding carboxylic acids is 1.